The van der Waals surface area contributed by atoms with Crippen LogP contribution in [0.25, 0.3) is 0 Å². The summed E-state index contributed by atoms with van der Waals surface area (Å²) in [6.45, 7) is 4.39. The van der Waals surface area contributed by atoms with Crippen LogP contribution >= 0.6 is 11.6 Å². The van der Waals surface area contributed by atoms with Crippen molar-refractivity contribution in [1.29, 1.82) is 0 Å². The topological polar surface area (TPSA) is 110 Å². The number of nitro groups is 1. The first-order chi connectivity index (χ1) is 9.95. The molecule has 120 valence electrons. The molecule has 0 aliphatic rings. The van der Waals surface area contributed by atoms with E-state index in [-0.39, 0.29) is 4.90 Å². The average molecular weight is 335 g/mol. The molecule has 22 heavy (non-hydrogen) atoms. The van der Waals surface area contributed by atoms with Gasteiger partial charge >= 0.3 is 12.2 Å². The lowest BCUT2D eigenvalue weighted by molar-refractivity contribution is -0.384. The molecule has 0 unspecified atom stereocenters. The van der Waals surface area contributed by atoms with Gasteiger partial charge in [0.15, 0.2) is 5.69 Å². The number of benzene rings is 1. The Hall–Kier alpha value is -2.42. The zero-order valence-electron chi connectivity index (χ0n) is 11.8. The number of imide groups is 1. The first kappa shape index (κ1) is 17.6. The number of hydrogen-bond acceptors (Lipinski definition) is 5. The summed E-state index contributed by atoms with van der Waals surface area (Å²) in [5.41, 5.74) is -2.83. The molecule has 1 aromatic rings. The van der Waals surface area contributed by atoms with Gasteiger partial charge in [-0.1, -0.05) is 11.6 Å². The standard InChI is InChI=1S/C12H12ClFN2O6/c1-12(2,3)22-11(19)15(10(17)18)9-7(16(20)21)5-4-6(14)8(9)13/h4-5H,1-3H3,(H,17,18). The van der Waals surface area contributed by atoms with Crippen molar-refractivity contribution < 1.29 is 28.7 Å². The highest BCUT2D eigenvalue weighted by atomic mass is 35.5. The average Bonchev–Trinajstić information content (AvgIpc) is 2.31. The van der Waals surface area contributed by atoms with Crippen LogP contribution in [0.2, 0.25) is 5.02 Å². The second kappa shape index (κ2) is 6.14. The van der Waals surface area contributed by atoms with Crippen molar-refractivity contribution in [2.75, 3.05) is 4.90 Å². The third-order valence-electron chi connectivity index (χ3n) is 2.24. The van der Waals surface area contributed by atoms with E-state index < -0.39 is 44.9 Å². The van der Waals surface area contributed by atoms with E-state index in [1.165, 1.54) is 20.8 Å². The Kier molecular flexibility index (Phi) is 4.92. The van der Waals surface area contributed by atoms with Gasteiger partial charge in [0.25, 0.3) is 5.69 Å². The summed E-state index contributed by atoms with van der Waals surface area (Å²) < 4.78 is 18.4. The van der Waals surface area contributed by atoms with Gasteiger partial charge in [-0.25, -0.2) is 14.0 Å². The molecular weight excluding hydrogens is 323 g/mol. The van der Waals surface area contributed by atoms with Crippen LogP contribution < -0.4 is 4.90 Å². The largest absolute Gasteiger partial charge is 0.464 e. The maximum atomic E-state index is 13.5. The van der Waals surface area contributed by atoms with Gasteiger partial charge in [-0.3, -0.25) is 10.1 Å². The maximum Gasteiger partial charge on any atom is 0.424 e. The van der Waals surface area contributed by atoms with E-state index in [0.29, 0.717) is 12.1 Å². The second-order valence-electron chi connectivity index (χ2n) is 5.08. The minimum Gasteiger partial charge on any atom is -0.464 e. The van der Waals surface area contributed by atoms with E-state index in [9.17, 15) is 24.1 Å². The monoisotopic (exact) mass is 334 g/mol. The summed E-state index contributed by atoms with van der Waals surface area (Å²) in [7, 11) is 0. The molecule has 1 N–H and O–H groups in total. The molecule has 0 fully saturated rings. The Bertz CT molecular complexity index is 643. The Balaban J connectivity index is 3.51. The van der Waals surface area contributed by atoms with Crippen molar-refractivity contribution >= 4 is 35.2 Å². The van der Waals surface area contributed by atoms with Crippen LogP contribution in [-0.2, 0) is 4.74 Å². The third kappa shape index (κ3) is 3.82. The van der Waals surface area contributed by atoms with Crippen LogP contribution in [0.5, 0.6) is 0 Å². The Labute approximate surface area is 129 Å². The van der Waals surface area contributed by atoms with Gasteiger partial charge in [0.1, 0.15) is 16.4 Å². The van der Waals surface area contributed by atoms with Crippen LogP contribution in [0.15, 0.2) is 12.1 Å². The van der Waals surface area contributed by atoms with Crippen LogP contribution in [0.4, 0.5) is 25.4 Å². The molecule has 1 aromatic carbocycles. The van der Waals surface area contributed by atoms with Gasteiger partial charge in [0, 0.05) is 6.07 Å². The van der Waals surface area contributed by atoms with Crippen molar-refractivity contribution in [1.82, 2.24) is 0 Å². The summed E-state index contributed by atoms with van der Waals surface area (Å²) in [5.74, 6) is -1.11. The Morgan fingerprint density at radius 2 is 1.95 bits per heavy atom. The lowest BCUT2D eigenvalue weighted by atomic mass is 10.2. The first-order valence-electron chi connectivity index (χ1n) is 5.84. The normalized spacial score (nSPS) is 11.0. The lowest BCUT2D eigenvalue weighted by Crippen LogP contribution is -2.40. The number of halogens is 2. The molecule has 0 aliphatic heterocycles. The number of anilines is 1. The zero-order valence-corrected chi connectivity index (χ0v) is 12.5. The number of rotatable bonds is 2. The number of ether oxygens (including phenoxy) is 1. The van der Waals surface area contributed by atoms with Crippen LogP contribution in [0.1, 0.15) is 20.8 Å². The van der Waals surface area contributed by atoms with E-state index in [2.05, 4.69) is 0 Å². The van der Waals surface area contributed by atoms with Crippen molar-refractivity contribution in [3.05, 3.63) is 33.1 Å². The molecule has 0 heterocycles. The maximum absolute atomic E-state index is 13.5. The van der Waals surface area contributed by atoms with Gasteiger partial charge in [-0.15, -0.1) is 0 Å². The molecule has 10 heteroatoms. The molecule has 0 radical (unpaired) electrons. The summed E-state index contributed by atoms with van der Waals surface area (Å²) >= 11 is 5.60. The number of carbonyl (C=O) groups excluding carboxylic acids is 1. The SMILES string of the molecule is CC(C)(C)OC(=O)N(C(=O)O)c1c([N+](=O)[O-])ccc(F)c1Cl. The highest BCUT2D eigenvalue weighted by Gasteiger charge is 2.36. The molecule has 8 nitrogen and oxygen atoms in total. The van der Waals surface area contributed by atoms with E-state index >= 15 is 0 Å². The third-order valence-corrected chi connectivity index (χ3v) is 2.59. The predicted molar refractivity (Wildman–Crippen MR) is 74.8 cm³/mol. The van der Waals surface area contributed by atoms with Gasteiger partial charge < -0.3 is 9.84 Å². The van der Waals surface area contributed by atoms with Gasteiger partial charge in [0.05, 0.1) is 4.92 Å². The number of amides is 2. The molecule has 0 saturated heterocycles. The Morgan fingerprint density at radius 3 is 2.36 bits per heavy atom. The van der Waals surface area contributed by atoms with Crippen molar-refractivity contribution in [2.45, 2.75) is 26.4 Å². The molecular formula is C12H12ClFN2O6. The number of carboxylic acid groups (broad SMARTS) is 1. The molecule has 2 amide bonds. The van der Waals surface area contributed by atoms with Gasteiger partial charge in [-0.05, 0) is 26.8 Å². The number of nitro benzene ring substituents is 1. The minimum atomic E-state index is -1.90. The predicted octanol–water partition coefficient (Wildman–Crippen LogP) is 3.81. The zero-order chi connectivity index (χ0) is 17.2. The van der Waals surface area contributed by atoms with Crippen LogP contribution in [0.3, 0.4) is 0 Å². The molecule has 0 spiro atoms. The molecule has 1 rings (SSSR count). The summed E-state index contributed by atoms with van der Waals surface area (Å²) in [6, 6.07) is 1.40. The Morgan fingerprint density at radius 1 is 1.41 bits per heavy atom. The van der Waals surface area contributed by atoms with Crippen molar-refractivity contribution in [3.63, 3.8) is 0 Å². The van der Waals surface area contributed by atoms with Gasteiger partial charge in [0.2, 0.25) is 0 Å². The minimum absolute atomic E-state index is 0.102. The highest BCUT2D eigenvalue weighted by Crippen LogP contribution is 2.38. The molecule has 0 bridgehead atoms. The molecule has 0 aliphatic carbocycles. The molecule has 0 atom stereocenters. The van der Waals surface area contributed by atoms with E-state index in [4.69, 9.17) is 21.4 Å². The summed E-state index contributed by atoms with van der Waals surface area (Å²) in [5, 5.41) is 19.2. The van der Waals surface area contributed by atoms with E-state index in [1.807, 2.05) is 0 Å². The summed E-state index contributed by atoms with van der Waals surface area (Å²) in [6.07, 6.45) is -3.33. The van der Waals surface area contributed by atoms with E-state index in [0.717, 1.165) is 0 Å². The fourth-order valence-corrected chi connectivity index (χ4v) is 1.71. The van der Waals surface area contributed by atoms with Crippen LogP contribution in [-0.4, -0.2) is 27.8 Å². The second-order valence-corrected chi connectivity index (χ2v) is 5.46. The quantitative estimate of drug-likeness (QED) is 0.650. The van der Waals surface area contributed by atoms with Crippen molar-refractivity contribution in [3.8, 4) is 0 Å². The van der Waals surface area contributed by atoms with Gasteiger partial charge in [-0.2, -0.15) is 4.90 Å². The highest BCUT2D eigenvalue weighted by molar-refractivity contribution is 6.35. The fraction of sp³-hybridized carbons (Fsp3) is 0.333. The van der Waals surface area contributed by atoms with Crippen molar-refractivity contribution in [2.24, 2.45) is 0 Å². The lowest BCUT2D eigenvalue weighted by Gasteiger charge is -2.24. The molecule has 0 saturated carbocycles. The molecule has 0 aromatic heterocycles. The number of carbonyl (C=O) groups is 2. The first-order valence-corrected chi connectivity index (χ1v) is 6.22. The number of hydrogen-bond donors (Lipinski definition) is 1. The smallest absolute Gasteiger partial charge is 0.424 e. The fourth-order valence-electron chi connectivity index (χ4n) is 1.46. The number of nitrogens with zero attached hydrogens (tertiary/aromatic N) is 2. The summed E-state index contributed by atoms with van der Waals surface area (Å²) in [4.78, 5) is 33.1. The van der Waals surface area contributed by atoms with E-state index in [1.54, 1.807) is 0 Å². The van der Waals surface area contributed by atoms with Crippen LogP contribution in [0, 0.1) is 15.9 Å².